The topological polar surface area (TPSA) is 78.5 Å². The van der Waals surface area contributed by atoms with Crippen molar-refractivity contribution >= 4 is 35.2 Å². The molecule has 6 nitrogen and oxygen atoms in total. The van der Waals surface area contributed by atoms with Gasteiger partial charge in [-0.2, -0.15) is 0 Å². The summed E-state index contributed by atoms with van der Waals surface area (Å²) in [6.45, 7) is 2.43. The van der Waals surface area contributed by atoms with Crippen LogP contribution in [0, 0.1) is 6.92 Å². The summed E-state index contributed by atoms with van der Waals surface area (Å²) in [7, 11) is 3.31. The molecule has 0 aliphatic carbocycles. The van der Waals surface area contributed by atoms with Crippen molar-refractivity contribution in [2.75, 3.05) is 30.9 Å². The van der Waals surface area contributed by atoms with E-state index in [1.54, 1.807) is 31.1 Å². The van der Waals surface area contributed by atoms with E-state index in [1.807, 2.05) is 43.3 Å². The second-order valence-electron chi connectivity index (χ2n) is 6.43. The van der Waals surface area contributed by atoms with Gasteiger partial charge in [0.1, 0.15) is 0 Å². The number of hydrogen-bond donors (Lipinski definition) is 2. The van der Waals surface area contributed by atoms with Gasteiger partial charge in [-0.15, -0.1) is 11.8 Å². The zero-order valence-corrected chi connectivity index (χ0v) is 17.1. The number of benzene rings is 2. The molecule has 0 atom stereocenters. The molecule has 0 unspecified atom stereocenters. The molecule has 0 radical (unpaired) electrons. The Kier molecular flexibility index (Phi) is 8.07. The molecule has 0 aromatic heterocycles. The lowest BCUT2D eigenvalue weighted by Crippen LogP contribution is -2.28. The van der Waals surface area contributed by atoms with Gasteiger partial charge in [-0.1, -0.05) is 29.8 Å². The van der Waals surface area contributed by atoms with Crippen LogP contribution in [0.3, 0.4) is 0 Å². The number of aryl methyl sites for hydroxylation is 1. The van der Waals surface area contributed by atoms with Crippen molar-refractivity contribution in [1.82, 2.24) is 10.2 Å². The molecule has 3 amide bonds. The van der Waals surface area contributed by atoms with Gasteiger partial charge in [0.25, 0.3) is 5.91 Å². The zero-order chi connectivity index (χ0) is 20.5. The maximum absolute atomic E-state index is 12.3. The van der Waals surface area contributed by atoms with Crippen LogP contribution >= 0.6 is 11.8 Å². The lowest BCUT2D eigenvalue weighted by Gasteiger charge is -2.17. The first-order chi connectivity index (χ1) is 13.4. The van der Waals surface area contributed by atoms with Crippen molar-refractivity contribution in [1.29, 1.82) is 0 Å². The molecule has 0 aliphatic heterocycles. The first kappa shape index (κ1) is 21.5. The fraction of sp³-hybridized carbons (Fsp3) is 0.286. The molecule has 2 aromatic carbocycles. The van der Waals surface area contributed by atoms with Gasteiger partial charge in [-0.25, -0.2) is 0 Å². The minimum Gasteiger partial charge on any atom is -0.355 e. The SMILES string of the molecule is CNC(=O)c1ccc(CN(C)C(=O)CSCC(=O)Nc2ccc(C)cc2)cc1. The number of carbonyl (C=O) groups excluding carboxylic acids is 3. The lowest BCUT2D eigenvalue weighted by atomic mass is 10.1. The van der Waals surface area contributed by atoms with Crippen LogP contribution in [-0.4, -0.2) is 48.2 Å². The molecule has 0 heterocycles. The van der Waals surface area contributed by atoms with Crippen molar-refractivity contribution in [3.05, 3.63) is 65.2 Å². The summed E-state index contributed by atoms with van der Waals surface area (Å²) in [4.78, 5) is 37.4. The summed E-state index contributed by atoms with van der Waals surface area (Å²) in [5, 5.41) is 5.38. The quantitative estimate of drug-likeness (QED) is 0.715. The van der Waals surface area contributed by atoms with E-state index in [2.05, 4.69) is 10.6 Å². The molecule has 0 saturated carbocycles. The molecule has 28 heavy (non-hydrogen) atoms. The van der Waals surface area contributed by atoms with Gasteiger partial charge in [0.05, 0.1) is 11.5 Å². The highest BCUT2D eigenvalue weighted by molar-refractivity contribution is 8.00. The molecule has 2 rings (SSSR count). The van der Waals surface area contributed by atoms with Crippen molar-refractivity contribution in [2.45, 2.75) is 13.5 Å². The molecule has 2 aromatic rings. The standard InChI is InChI=1S/C21H25N3O3S/c1-15-4-10-18(11-5-15)23-19(25)13-28-14-20(26)24(3)12-16-6-8-17(9-7-16)21(27)22-2/h4-11H,12-14H2,1-3H3,(H,22,27)(H,23,25). The normalized spacial score (nSPS) is 10.2. The zero-order valence-electron chi connectivity index (χ0n) is 16.3. The van der Waals surface area contributed by atoms with Crippen LogP contribution in [0.15, 0.2) is 48.5 Å². The van der Waals surface area contributed by atoms with Crippen LogP contribution in [0.1, 0.15) is 21.5 Å². The average molecular weight is 400 g/mol. The number of hydrogen-bond acceptors (Lipinski definition) is 4. The highest BCUT2D eigenvalue weighted by Gasteiger charge is 2.11. The number of nitrogens with one attached hydrogen (secondary N) is 2. The number of carbonyl (C=O) groups is 3. The summed E-state index contributed by atoms with van der Waals surface area (Å²) in [5.41, 5.74) is 3.39. The van der Waals surface area contributed by atoms with Gasteiger partial charge in [0.15, 0.2) is 0 Å². The van der Waals surface area contributed by atoms with Gasteiger partial charge in [-0.05, 0) is 36.8 Å². The van der Waals surface area contributed by atoms with Crippen molar-refractivity contribution in [3.63, 3.8) is 0 Å². The van der Waals surface area contributed by atoms with Crippen molar-refractivity contribution in [3.8, 4) is 0 Å². The monoisotopic (exact) mass is 399 g/mol. The highest BCUT2D eigenvalue weighted by Crippen LogP contribution is 2.11. The third-order valence-electron chi connectivity index (χ3n) is 4.08. The lowest BCUT2D eigenvalue weighted by molar-refractivity contribution is -0.127. The Morgan fingerprint density at radius 1 is 0.964 bits per heavy atom. The molecule has 7 heteroatoms. The molecule has 0 saturated heterocycles. The molecular weight excluding hydrogens is 374 g/mol. The summed E-state index contributed by atoms with van der Waals surface area (Å²) in [6, 6.07) is 14.7. The predicted molar refractivity (Wildman–Crippen MR) is 113 cm³/mol. The highest BCUT2D eigenvalue weighted by atomic mass is 32.2. The molecule has 0 bridgehead atoms. The molecule has 0 spiro atoms. The van der Waals surface area contributed by atoms with Gasteiger partial charge in [0.2, 0.25) is 11.8 Å². The van der Waals surface area contributed by atoms with E-state index in [0.717, 1.165) is 16.8 Å². The number of anilines is 1. The van der Waals surface area contributed by atoms with Crippen LogP contribution in [-0.2, 0) is 16.1 Å². The number of rotatable bonds is 8. The van der Waals surface area contributed by atoms with Gasteiger partial charge >= 0.3 is 0 Å². The van der Waals surface area contributed by atoms with Crippen molar-refractivity contribution < 1.29 is 14.4 Å². The van der Waals surface area contributed by atoms with Gasteiger partial charge < -0.3 is 15.5 Å². The first-order valence-corrected chi connectivity index (χ1v) is 10.0. The third-order valence-corrected chi connectivity index (χ3v) is 5.00. The minimum atomic E-state index is -0.142. The van der Waals surface area contributed by atoms with Crippen LogP contribution < -0.4 is 10.6 Å². The maximum Gasteiger partial charge on any atom is 0.251 e. The Hall–Kier alpha value is -2.80. The summed E-state index contributed by atoms with van der Waals surface area (Å²) >= 11 is 1.28. The molecular formula is C21H25N3O3S. The Balaban J connectivity index is 1.73. The van der Waals surface area contributed by atoms with E-state index >= 15 is 0 Å². The van der Waals surface area contributed by atoms with Crippen molar-refractivity contribution in [2.24, 2.45) is 0 Å². The number of amides is 3. The molecule has 0 fully saturated rings. The Morgan fingerprint density at radius 3 is 2.21 bits per heavy atom. The average Bonchev–Trinajstić information content (AvgIpc) is 2.69. The summed E-state index contributed by atoms with van der Waals surface area (Å²) in [5.74, 6) is 0.122. The van der Waals surface area contributed by atoms with E-state index in [-0.39, 0.29) is 29.2 Å². The smallest absolute Gasteiger partial charge is 0.251 e. The second kappa shape index (κ2) is 10.5. The van der Waals surface area contributed by atoms with Crippen LogP contribution in [0.4, 0.5) is 5.69 Å². The van der Waals surface area contributed by atoms with E-state index in [9.17, 15) is 14.4 Å². The largest absolute Gasteiger partial charge is 0.355 e. The summed E-state index contributed by atoms with van der Waals surface area (Å²) in [6.07, 6.45) is 0. The minimum absolute atomic E-state index is 0.0523. The van der Waals surface area contributed by atoms with E-state index in [4.69, 9.17) is 0 Å². The molecule has 148 valence electrons. The predicted octanol–water partition coefficient (Wildman–Crippen LogP) is 2.68. The van der Waals surface area contributed by atoms with Gasteiger partial charge in [-0.3, -0.25) is 14.4 Å². The van der Waals surface area contributed by atoms with Gasteiger partial charge in [0, 0.05) is 31.9 Å². The Labute approximate surface area is 169 Å². The number of nitrogens with zero attached hydrogens (tertiary/aromatic N) is 1. The van der Waals surface area contributed by atoms with Crippen LogP contribution in [0.25, 0.3) is 0 Å². The Morgan fingerprint density at radius 2 is 1.61 bits per heavy atom. The molecule has 0 aliphatic rings. The van der Waals surface area contributed by atoms with Crippen LogP contribution in [0.2, 0.25) is 0 Å². The maximum atomic E-state index is 12.3. The number of thioether (sulfide) groups is 1. The second-order valence-corrected chi connectivity index (χ2v) is 7.42. The Bertz CT molecular complexity index is 820. The van der Waals surface area contributed by atoms with E-state index < -0.39 is 0 Å². The fourth-order valence-electron chi connectivity index (χ4n) is 2.44. The van der Waals surface area contributed by atoms with E-state index in [1.165, 1.54) is 11.8 Å². The van der Waals surface area contributed by atoms with Crippen LogP contribution in [0.5, 0.6) is 0 Å². The first-order valence-electron chi connectivity index (χ1n) is 8.88. The summed E-state index contributed by atoms with van der Waals surface area (Å²) < 4.78 is 0. The van der Waals surface area contributed by atoms with E-state index in [0.29, 0.717) is 12.1 Å². The third kappa shape index (κ3) is 6.74. The fourth-order valence-corrected chi connectivity index (χ4v) is 3.20. The molecule has 2 N–H and O–H groups in total.